The first-order valence-electron chi connectivity index (χ1n) is 4.23. The van der Waals surface area contributed by atoms with Crippen molar-refractivity contribution >= 4 is 0 Å². The predicted octanol–water partition coefficient (Wildman–Crippen LogP) is 1.11. The minimum absolute atomic E-state index is 0.364. The zero-order valence-corrected chi connectivity index (χ0v) is 7.19. The van der Waals surface area contributed by atoms with E-state index in [1.54, 1.807) is 0 Å². The fourth-order valence-corrected chi connectivity index (χ4v) is 0.851. The Morgan fingerprint density at radius 3 is 2.60 bits per heavy atom. The van der Waals surface area contributed by atoms with Crippen molar-refractivity contribution in [3.63, 3.8) is 0 Å². The molecule has 0 aromatic carbocycles. The lowest BCUT2D eigenvalue weighted by atomic mass is 10.2. The van der Waals surface area contributed by atoms with Crippen LogP contribution in [0.25, 0.3) is 0 Å². The summed E-state index contributed by atoms with van der Waals surface area (Å²) in [7, 11) is 0. The normalized spacial score (nSPS) is 13.5. The third-order valence-electron chi connectivity index (χ3n) is 1.44. The Kier molecular flexibility index (Phi) is 6.98. The van der Waals surface area contributed by atoms with E-state index < -0.39 is 0 Å². The Hall–Kier alpha value is -0.0800. The fraction of sp³-hybridized carbons (Fsp3) is 1.00. The van der Waals surface area contributed by atoms with E-state index in [-0.39, 0.29) is 0 Å². The van der Waals surface area contributed by atoms with Crippen LogP contribution < -0.4 is 11.1 Å². The molecule has 0 aromatic heterocycles. The second-order valence-electron chi connectivity index (χ2n) is 2.87. The van der Waals surface area contributed by atoms with Crippen LogP contribution in [0.4, 0.5) is 0 Å². The summed E-state index contributed by atoms with van der Waals surface area (Å²) in [4.78, 5) is 0. The van der Waals surface area contributed by atoms with E-state index in [1.165, 1.54) is 12.8 Å². The van der Waals surface area contributed by atoms with Gasteiger partial charge in [-0.2, -0.15) is 0 Å². The second kappa shape index (κ2) is 7.03. The maximum Gasteiger partial charge on any atom is 0.00109 e. The monoisotopic (exact) mass is 144 g/mol. The average Bonchev–Trinajstić information content (AvgIpc) is 1.87. The molecule has 0 aliphatic heterocycles. The van der Waals surface area contributed by atoms with Crippen LogP contribution in [-0.2, 0) is 0 Å². The van der Waals surface area contributed by atoms with E-state index in [0.29, 0.717) is 6.04 Å². The van der Waals surface area contributed by atoms with Crippen molar-refractivity contribution in [3.8, 4) is 0 Å². The number of hydrogen-bond donors (Lipinski definition) is 2. The Labute approximate surface area is 64.2 Å². The smallest absolute Gasteiger partial charge is 0.00109 e. The minimum atomic E-state index is 0.364. The SMILES string of the molecule is CCCNCCC[C@H](C)N. The van der Waals surface area contributed by atoms with E-state index >= 15 is 0 Å². The number of nitrogens with two attached hydrogens (primary N) is 1. The lowest BCUT2D eigenvalue weighted by Crippen LogP contribution is -2.20. The molecule has 0 aliphatic rings. The van der Waals surface area contributed by atoms with E-state index in [1.807, 2.05) is 0 Å². The van der Waals surface area contributed by atoms with Gasteiger partial charge < -0.3 is 11.1 Å². The molecule has 0 aromatic rings. The van der Waals surface area contributed by atoms with Crippen molar-refractivity contribution in [1.82, 2.24) is 5.32 Å². The van der Waals surface area contributed by atoms with E-state index in [2.05, 4.69) is 19.2 Å². The molecule has 0 aliphatic carbocycles. The summed E-state index contributed by atoms with van der Waals surface area (Å²) < 4.78 is 0. The van der Waals surface area contributed by atoms with Crippen LogP contribution in [0.5, 0.6) is 0 Å². The topological polar surface area (TPSA) is 38.0 Å². The van der Waals surface area contributed by atoms with Gasteiger partial charge >= 0.3 is 0 Å². The summed E-state index contributed by atoms with van der Waals surface area (Å²) in [6.07, 6.45) is 3.56. The maximum absolute atomic E-state index is 5.58. The fourth-order valence-electron chi connectivity index (χ4n) is 0.851. The summed E-state index contributed by atoms with van der Waals surface area (Å²) in [6.45, 7) is 6.49. The van der Waals surface area contributed by atoms with E-state index in [0.717, 1.165) is 19.5 Å². The van der Waals surface area contributed by atoms with Gasteiger partial charge in [0.25, 0.3) is 0 Å². The van der Waals surface area contributed by atoms with Gasteiger partial charge in [0.2, 0.25) is 0 Å². The summed E-state index contributed by atoms with van der Waals surface area (Å²) in [5.74, 6) is 0. The molecule has 1 atom stereocenters. The molecule has 0 heterocycles. The molecule has 0 fully saturated rings. The third-order valence-corrected chi connectivity index (χ3v) is 1.44. The average molecular weight is 144 g/mol. The van der Waals surface area contributed by atoms with Gasteiger partial charge in [-0.1, -0.05) is 6.92 Å². The zero-order valence-electron chi connectivity index (χ0n) is 7.19. The Morgan fingerprint density at radius 2 is 2.10 bits per heavy atom. The van der Waals surface area contributed by atoms with E-state index in [4.69, 9.17) is 5.73 Å². The van der Waals surface area contributed by atoms with Crippen LogP contribution in [0.3, 0.4) is 0 Å². The van der Waals surface area contributed by atoms with E-state index in [9.17, 15) is 0 Å². The molecular formula is C8H20N2. The van der Waals surface area contributed by atoms with Crippen LogP contribution >= 0.6 is 0 Å². The highest BCUT2D eigenvalue weighted by Crippen LogP contribution is 1.90. The van der Waals surface area contributed by atoms with Gasteiger partial charge in [-0.05, 0) is 39.3 Å². The first kappa shape index (κ1) is 9.92. The van der Waals surface area contributed by atoms with Crippen molar-refractivity contribution < 1.29 is 0 Å². The van der Waals surface area contributed by atoms with Gasteiger partial charge in [0.05, 0.1) is 0 Å². The molecule has 0 rings (SSSR count). The molecule has 0 saturated carbocycles. The zero-order chi connectivity index (χ0) is 7.82. The lowest BCUT2D eigenvalue weighted by Gasteiger charge is -2.04. The van der Waals surface area contributed by atoms with Crippen molar-refractivity contribution in [2.75, 3.05) is 13.1 Å². The first-order valence-corrected chi connectivity index (χ1v) is 4.23. The summed E-state index contributed by atoms with van der Waals surface area (Å²) in [6, 6.07) is 0.364. The standard InChI is InChI=1S/C8H20N2/c1-3-6-10-7-4-5-8(2)9/h8,10H,3-7,9H2,1-2H3/t8-/m0/s1. The van der Waals surface area contributed by atoms with Crippen LogP contribution in [0.1, 0.15) is 33.1 Å². The minimum Gasteiger partial charge on any atom is -0.328 e. The van der Waals surface area contributed by atoms with Crippen molar-refractivity contribution in [2.45, 2.75) is 39.2 Å². The summed E-state index contributed by atoms with van der Waals surface area (Å²) >= 11 is 0. The molecule has 62 valence electrons. The Morgan fingerprint density at radius 1 is 1.40 bits per heavy atom. The molecule has 0 radical (unpaired) electrons. The van der Waals surface area contributed by atoms with Crippen LogP contribution in [0, 0.1) is 0 Å². The number of hydrogen-bond acceptors (Lipinski definition) is 2. The molecule has 10 heavy (non-hydrogen) atoms. The summed E-state index contributed by atoms with van der Waals surface area (Å²) in [5, 5.41) is 3.33. The van der Waals surface area contributed by atoms with Crippen molar-refractivity contribution in [3.05, 3.63) is 0 Å². The number of rotatable bonds is 6. The first-order chi connectivity index (χ1) is 4.77. The van der Waals surface area contributed by atoms with Gasteiger partial charge in [-0.25, -0.2) is 0 Å². The molecular weight excluding hydrogens is 124 g/mol. The van der Waals surface area contributed by atoms with Crippen LogP contribution in [0.15, 0.2) is 0 Å². The highest BCUT2D eigenvalue weighted by Gasteiger charge is 1.91. The second-order valence-corrected chi connectivity index (χ2v) is 2.87. The molecule has 0 spiro atoms. The quantitative estimate of drug-likeness (QED) is 0.548. The molecule has 0 amide bonds. The largest absolute Gasteiger partial charge is 0.328 e. The third kappa shape index (κ3) is 7.92. The Balaban J connectivity index is 2.77. The Bertz CT molecular complexity index is 62.3. The predicted molar refractivity (Wildman–Crippen MR) is 46.0 cm³/mol. The van der Waals surface area contributed by atoms with Crippen LogP contribution in [0.2, 0.25) is 0 Å². The molecule has 3 N–H and O–H groups in total. The van der Waals surface area contributed by atoms with Gasteiger partial charge in [0, 0.05) is 6.04 Å². The van der Waals surface area contributed by atoms with Gasteiger partial charge in [-0.15, -0.1) is 0 Å². The van der Waals surface area contributed by atoms with Crippen molar-refractivity contribution in [2.24, 2.45) is 5.73 Å². The van der Waals surface area contributed by atoms with Crippen LogP contribution in [-0.4, -0.2) is 19.1 Å². The molecule has 0 unspecified atom stereocenters. The van der Waals surface area contributed by atoms with Gasteiger partial charge in [-0.3, -0.25) is 0 Å². The molecule has 0 bridgehead atoms. The lowest BCUT2D eigenvalue weighted by molar-refractivity contribution is 0.572. The number of nitrogens with one attached hydrogen (secondary N) is 1. The highest BCUT2D eigenvalue weighted by atomic mass is 14.8. The van der Waals surface area contributed by atoms with Gasteiger partial charge in [0.15, 0.2) is 0 Å². The molecule has 0 saturated heterocycles. The molecule has 2 nitrogen and oxygen atoms in total. The van der Waals surface area contributed by atoms with Gasteiger partial charge in [0.1, 0.15) is 0 Å². The van der Waals surface area contributed by atoms with Crippen molar-refractivity contribution in [1.29, 1.82) is 0 Å². The maximum atomic E-state index is 5.58. The highest BCUT2D eigenvalue weighted by molar-refractivity contribution is 4.54. The molecule has 2 heteroatoms. The summed E-state index contributed by atoms with van der Waals surface area (Å²) in [5.41, 5.74) is 5.58.